The highest BCUT2D eigenvalue weighted by Crippen LogP contribution is 2.46. The second-order valence-corrected chi connectivity index (χ2v) is 6.48. The number of benzene rings is 2. The summed E-state index contributed by atoms with van der Waals surface area (Å²) in [6.45, 7) is 4.49. The largest absolute Gasteiger partial charge is 0.378 e. The van der Waals surface area contributed by atoms with Crippen molar-refractivity contribution in [2.24, 2.45) is 5.41 Å². The van der Waals surface area contributed by atoms with Gasteiger partial charge in [0, 0.05) is 5.69 Å². The lowest BCUT2D eigenvalue weighted by Crippen LogP contribution is -2.24. The minimum absolute atomic E-state index is 0.116. The molecule has 0 amide bonds. The van der Waals surface area contributed by atoms with Gasteiger partial charge in [-0.3, -0.25) is 0 Å². The highest BCUT2D eigenvalue weighted by atomic mass is 35.5. The van der Waals surface area contributed by atoms with Gasteiger partial charge in [-0.15, -0.1) is 0 Å². The maximum Gasteiger partial charge on any atom is 0.141 e. The Morgan fingerprint density at radius 1 is 1.20 bits per heavy atom. The molecule has 0 fully saturated rings. The number of anilines is 1. The Labute approximate surface area is 123 Å². The van der Waals surface area contributed by atoms with E-state index in [4.69, 9.17) is 11.6 Å². The number of nitrogens with one attached hydrogen (secondary N) is 1. The maximum atomic E-state index is 13.2. The van der Waals surface area contributed by atoms with Gasteiger partial charge in [-0.1, -0.05) is 49.7 Å². The van der Waals surface area contributed by atoms with Gasteiger partial charge >= 0.3 is 0 Å². The molecule has 0 heterocycles. The van der Waals surface area contributed by atoms with Crippen LogP contribution in [0.5, 0.6) is 0 Å². The molecule has 1 atom stereocenters. The number of hydrogen-bond donors (Lipinski definition) is 1. The first-order chi connectivity index (χ1) is 9.47. The predicted molar refractivity (Wildman–Crippen MR) is 81.7 cm³/mol. The number of fused-ring (bicyclic) bond motifs is 1. The summed E-state index contributed by atoms with van der Waals surface area (Å²) in [7, 11) is 0. The quantitative estimate of drug-likeness (QED) is 0.800. The van der Waals surface area contributed by atoms with Gasteiger partial charge in [0.05, 0.1) is 11.1 Å². The fourth-order valence-corrected chi connectivity index (χ4v) is 3.20. The molecule has 20 heavy (non-hydrogen) atoms. The SMILES string of the molecule is CC1(C)Cc2ccccc2C1Nc1ccc(F)c(Cl)c1. The van der Waals surface area contributed by atoms with Crippen molar-refractivity contribution in [2.45, 2.75) is 26.3 Å². The third-order valence-electron chi connectivity index (χ3n) is 4.02. The van der Waals surface area contributed by atoms with Crippen LogP contribution in [0.4, 0.5) is 10.1 Å². The Kier molecular flexibility index (Phi) is 3.21. The van der Waals surface area contributed by atoms with Gasteiger partial charge in [0.1, 0.15) is 5.82 Å². The third kappa shape index (κ3) is 2.29. The van der Waals surface area contributed by atoms with Crippen molar-refractivity contribution in [3.05, 3.63) is 64.4 Å². The van der Waals surface area contributed by atoms with Crippen LogP contribution in [0.2, 0.25) is 5.02 Å². The third-order valence-corrected chi connectivity index (χ3v) is 4.31. The summed E-state index contributed by atoms with van der Waals surface area (Å²) in [5, 5.41) is 3.66. The Hall–Kier alpha value is -1.54. The van der Waals surface area contributed by atoms with Gasteiger partial charge in [-0.25, -0.2) is 4.39 Å². The summed E-state index contributed by atoms with van der Waals surface area (Å²) in [6, 6.07) is 13.5. The van der Waals surface area contributed by atoms with Crippen LogP contribution in [0, 0.1) is 11.2 Å². The van der Waals surface area contributed by atoms with E-state index in [0.29, 0.717) is 0 Å². The van der Waals surface area contributed by atoms with Crippen molar-refractivity contribution in [1.82, 2.24) is 0 Å². The Morgan fingerprint density at radius 3 is 2.70 bits per heavy atom. The molecule has 104 valence electrons. The molecule has 0 aliphatic heterocycles. The van der Waals surface area contributed by atoms with Crippen molar-refractivity contribution in [3.63, 3.8) is 0 Å². The molecular formula is C17H17ClFN. The molecule has 2 aromatic rings. The summed E-state index contributed by atoms with van der Waals surface area (Å²) >= 11 is 5.86. The van der Waals surface area contributed by atoms with Gasteiger partial charge in [0.15, 0.2) is 0 Å². The molecule has 0 bridgehead atoms. The van der Waals surface area contributed by atoms with E-state index in [1.165, 1.54) is 17.2 Å². The molecule has 1 aliphatic carbocycles. The Morgan fingerprint density at radius 2 is 1.95 bits per heavy atom. The topological polar surface area (TPSA) is 12.0 Å². The summed E-state index contributed by atoms with van der Waals surface area (Å²) in [5.74, 6) is -0.386. The number of halogens is 2. The van der Waals surface area contributed by atoms with Gasteiger partial charge in [0.2, 0.25) is 0 Å². The lowest BCUT2D eigenvalue weighted by Gasteiger charge is -2.29. The molecule has 1 aliphatic rings. The van der Waals surface area contributed by atoms with Gasteiger partial charge < -0.3 is 5.32 Å². The Balaban J connectivity index is 1.94. The van der Waals surface area contributed by atoms with Gasteiger partial charge in [-0.05, 0) is 41.2 Å². The molecule has 2 aromatic carbocycles. The van der Waals surface area contributed by atoms with Crippen molar-refractivity contribution in [1.29, 1.82) is 0 Å². The molecule has 0 spiro atoms. The summed E-state index contributed by atoms with van der Waals surface area (Å²) in [5.41, 5.74) is 3.66. The summed E-state index contributed by atoms with van der Waals surface area (Å²) in [6.07, 6.45) is 1.04. The van der Waals surface area contributed by atoms with Crippen LogP contribution >= 0.6 is 11.6 Å². The summed E-state index contributed by atoms with van der Waals surface area (Å²) < 4.78 is 13.2. The smallest absolute Gasteiger partial charge is 0.141 e. The minimum Gasteiger partial charge on any atom is -0.378 e. The average molecular weight is 290 g/mol. The fraction of sp³-hybridized carbons (Fsp3) is 0.294. The zero-order valence-electron chi connectivity index (χ0n) is 11.6. The molecule has 0 radical (unpaired) electrons. The van der Waals surface area contributed by atoms with E-state index in [2.05, 4.69) is 43.4 Å². The van der Waals surface area contributed by atoms with E-state index in [1.54, 1.807) is 12.1 Å². The van der Waals surface area contributed by atoms with Crippen LogP contribution in [-0.2, 0) is 6.42 Å². The van der Waals surface area contributed by atoms with Crippen molar-refractivity contribution < 1.29 is 4.39 Å². The molecule has 1 N–H and O–H groups in total. The van der Waals surface area contributed by atoms with E-state index in [1.807, 2.05) is 0 Å². The standard InChI is InChI=1S/C17H17ClFN/c1-17(2)10-11-5-3-4-6-13(11)16(17)20-12-7-8-15(19)14(18)9-12/h3-9,16,20H,10H2,1-2H3. The zero-order chi connectivity index (χ0) is 14.3. The lowest BCUT2D eigenvalue weighted by molar-refractivity contribution is 0.337. The molecule has 0 saturated heterocycles. The van der Waals surface area contributed by atoms with Crippen LogP contribution < -0.4 is 5.32 Å². The monoisotopic (exact) mass is 289 g/mol. The molecule has 3 rings (SSSR count). The maximum absolute atomic E-state index is 13.2. The molecule has 1 unspecified atom stereocenters. The number of rotatable bonds is 2. The molecule has 3 heteroatoms. The molecule has 1 nitrogen and oxygen atoms in total. The first-order valence-electron chi connectivity index (χ1n) is 6.77. The average Bonchev–Trinajstić information content (AvgIpc) is 2.65. The second-order valence-electron chi connectivity index (χ2n) is 6.07. The van der Waals surface area contributed by atoms with Crippen LogP contribution in [0.3, 0.4) is 0 Å². The number of hydrogen-bond acceptors (Lipinski definition) is 1. The van der Waals surface area contributed by atoms with Crippen LogP contribution in [0.25, 0.3) is 0 Å². The molecule has 0 saturated carbocycles. The lowest BCUT2D eigenvalue weighted by atomic mass is 9.85. The first-order valence-corrected chi connectivity index (χ1v) is 7.14. The fourth-order valence-electron chi connectivity index (χ4n) is 3.02. The van der Waals surface area contributed by atoms with E-state index in [9.17, 15) is 4.39 Å². The zero-order valence-corrected chi connectivity index (χ0v) is 12.3. The van der Waals surface area contributed by atoms with Crippen molar-refractivity contribution in [2.75, 3.05) is 5.32 Å². The van der Waals surface area contributed by atoms with E-state index >= 15 is 0 Å². The summed E-state index contributed by atoms with van der Waals surface area (Å²) in [4.78, 5) is 0. The van der Waals surface area contributed by atoms with Crippen LogP contribution in [0.1, 0.15) is 31.0 Å². The highest BCUT2D eigenvalue weighted by molar-refractivity contribution is 6.31. The highest BCUT2D eigenvalue weighted by Gasteiger charge is 2.38. The van der Waals surface area contributed by atoms with Gasteiger partial charge in [0.25, 0.3) is 0 Å². The minimum atomic E-state index is -0.386. The van der Waals surface area contributed by atoms with Gasteiger partial charge in [-0.2, -0.15) is 0 Å². The van der Waals surface area contributed by atoms with E-state index < -0.39 is 0 Å². The Bertz CT molecular complexity index is 651. The van der Waals surface area contributed by atoms with Crippen molar-refractivity contribution in [3.8, 4) is 0 Å². The predicted octanol–water partition coefficient (Wildman–Crippen LogP) is 5.21. The van der Waals surface area contributed by atoms with Crippen LogP contribution in [-0.4, -0.2) is 0 Å². The molecular weight excluding hydrogens is 273 g/mol. The molecule has 0 aromatic heterocycles. The normalized spacial score (nSPS) is 19.7. The van der Waals surface area contributed by atoms with E-state index in [0.717, 1.165) is 12.1 Å². The first kappa shape index (κ1) is 13.4. The second kappa shape index (κ2) is 4.78. The van der Waals surface area contributed by atoms with E-state index in [-0.39, 0.29) is 22.3 Å². The van der Waals surface area contributed by atoms with Crippen molar-refractivity contribution >= 4 is 17.3 Å². The van der Waals surface area contributed by atoms with Crippen LogP contribution in [0.15, 0.2) is 42.5 Å².